The lowest BCUT2D eigenvalue weighted by atomic mass is 9.86. The number of hydrogen-bond donors (Lipinski definition) is 1. The SMILES string of the molecule is c1cc2c(cc1CN1CCC3(CCNC3)C1)OCO2. The topological polar surface area (TPSA) is 33.7 Å². The summed E-state index contributed by atoms with van der Waals surface area (Å²) >= 11 is 0. The van der Waals surface area contributed by atoms with E-state index in [9.17, 15) is 0 Å². The van der Waals surface area contributed by atoms with Crippen LogP contribution in [-0.4, -0.2) is 37.9 Å². The van der Waals surface area contributed by atoms with Crippen LogP contribution >= 0.6 is 0 Å². The Morgan fingerprint density at radius 1 is 1.21 bits per heavy atom. The van der Waals surface area contributed by atoms with Gasteiger partial charge in [-0.1, -0.05) is 6.07 Å². The summed E-state index contributed by atoms with van der Waals surface area (Å²) in [6.45, 7) is 6.22. The van der Waals surface area contributed by atoms with Crippen molar-refractivity contribution >= 4 is 0 Å². The van der Waals surface area contributed by atoms with Crippen LogP contribution in [0.1, 0.15) is 18.4 Å². The molecule has 3 aliphatic heterocycles. The molecule has 3 heterocycles. The lowest BCUT2D eigenvalue weighted by Gasteiger charge is -2.22. The molecule has 19 heavy (non-hydrogen) atoms. The minimum Gasteiger partial charge on any atom is -0.454 e. The highest BCUT2D eigenvalue weighted by Crippen LogP contribution is 2.37. The Hall–Kier alpha value is -1.26. The largest absolute Gasteiger partial charge is 0.454 e. The summed E-state index contributed by atoms with van der Waals surface area (Å²) < 4.78 is 10.8. The molecule has 1 spiro atoms. The lowest BCUT2D eigenvalue weighted by Crippen LogP contribution is -2.28. The first kappa shape index (κ1) is 11.6. The standard InChI is InChI=1S/C15H20N2O2/c1-2-13-14(19-11-18-13)7-12(1)8-17-6-4-15(10-17)3-5-16-9-15/h1-2,7,16H,3-6,8-11H2. The summed E-state index contributed by atoms with van der Waals surface area (Å²) in [6, 6.07) is 6.31. The Kier molecular flexibility index (Phi) is 2.67. The summed E-state index contributed by atoms with van der Waals surface area (Å²) in [4.78, 5) is 2.57. The smallest absolute Gasteiger partial charge is 0.231 e. The van der Waals surface area contributed by atoms with E-state index in [1.165, 1.54) is 44.6 Å². The van der Waals surface area contributed by atoms with Gasteiger partial charge in [-0.15, -0.1) is 0 Å². The van der Waals surface area contributed by atoms with Gasteiger partial charge in [0.05, 0.1) is 0 Å². The molecule has 4 rings (SSSR count). The van der Waals surface area contributed by atoms with Crippen LogP contribution in [0.5, 0.6) is 11.5 Å². The number of rotatable bonds is 2. The lowest BCUT2D eigenvalue weighted by molar-refractivity contribution is 0.174. The van der Waals surface area contributed by atoms with E-state index in [1.807, 2.05) is 6.07 Å². The van der Waals surface area contributed by atoms with Gasteiger partial charge in [-0.25, -0.2) is 0 Å². The molecule has 0 saturated carbocycles. The molecule has 2 saturated heterocycles. The fourth-order valence-electron chi connectivity index (χ4n) is 3.60. The molecule has 1 aromatic carbocycles. The van der Waals surface area contributed by atoms with Crippen molar-refractivity contribution in [3.05, 3.63) is 23.8 Å². The minimum absolute atomic E-state index is 0.358. The van der Waals surface area contributed by atoms with Gasteiger partial charge < -0.3 is 14.8 Å². The average molecular weight is 260 g/mol. The van der Waals surface area contributed by atoms with Crippen molar-refractivity contribution in [1.82, 2.24) is 10.2 Å². The Morgan fingerprint density at radius 2 is 2.16 bits per heavy atom. The summed E-state index contributed by atoms with van der Waals surface area (Å²) in [5, 5.41) is 3.51. The maximum atomic E-state index is 5.45. The Morgan fingerprint density at radius 3 is 3.05 bits per heavy atom. The summed E-state index contributed by atoms with van der Waals surface area (Å²) in [7, 11) is 0. The highest BCUT2D eigenvalue weighted by molar-refractivity contribution is 5.44. The molecular weight excluding hydrogens is 240 g/mol. The van der Waals surface area contributed by atoms with Crippen LogP contribution in [0.15, 0.2) is 18.2 Å². The maximum absolute atomic E-state index is 5.45. The van der Waals surface area contributed by atoms with Gasteiger partial charge in [0, 0.05) is 19.6 Å². The van der Waals surface area contributed by atoms with E-state index in [0.29, 0.717) is 12.2 Å². The van der Waals surface area contributed by atoms with Crippen molar-refractivity contribution in [2.45, 2.75) is 19.4 Å². The van der Waals surface area contributed by atoms with Gasteiger partial charge in [-0.3, -0.25) is 4.90 Å². The molecule has 0 radical (unpaired) electrons. The highest BCUT2D eigenvalue weighted by atomic mass is 16.7. The van der Waals surface area contributed by atoms with Crippen molar-refractivity contribution in [3.8, 4) is 11.5 Å². The average Bonchev–Trinajstić information content (AvgIpc) is 3.12. The summed E-state index contributed by atoms with van der Waals surface area (Å²) in [5.41, 5.74) is 1.88. The van der Waals surface area contributed by atoms with E-state index in [4.69, 9.17) is 9.47 Å². The van der Waals surface area contributed by atoms with Crippen LogP contribution in [-0.2, 0) is 6.54 Å². The molecule has 1 aromatic rings. The molecule has 102 valence electrons. The van der Waals surface area contributed by atoms with Gasteiger partial charge in [0.15, 0.2) is 11.5 Å². The van der Waals surface area contributed by atoms with Gasteiger partial charge in [0.25, 0.3) is 0 Å². The summed E-state index contributed by atoms with van der Waals surface area (Å²) in [6.07, 6.45) is 2.68. The number of ether oxygens (including phenoxy) is 2. The normalized spacial score (nSPS) is 29.5. The summed E-state index contributed by atoms with van der Waals surface area (Å²) in [5.74, 6) is 1.77. The van der Waals surface area contributed by atoms with Crippen molar-refractivity contribution in [2.75, 3.05) is 33.0 Å². The second kappa shape index (κ2) is 4.39. The monoisotopic (exact) mass is 260 g/mol. The number of nitrogens with one attached hydrogen (secondary N) is 1. The van der Waals surface area contributed by atoms with Gasteiger partial charge >= 0.3 is 0 Å². The zero-order chi connectivity index (χ0) is 12.7. The minimum atomic E-state index is 0.358. The second-order valence-electron chi connectivity index (χ2n) is 6.08. The number of fused-ring (bicyclic) bond motifs is 1. The zero-order valence-corrected chi connectivity index (χ0v) is 11.2. The zero-order valence-electron chi connectivity index (χ0n) is 11.2. The van der Waals surface area contributed by atoms with Crippen molar-refractivity contribution in [3.63, 3.8) is 0 Å². The van der Waals surface area contributed by atoms with Crippen LogP contribution in [0.3, 0.4) is 0 Å². The molecule has 3 aliphatic rings. The van der Waals surface area contributed by atoms with E-state index in [1.54, 1.807) is 0 Å². The third kappa shape index (κ3) is 2.09. The third-order valence-electron chi connectivity index (χ3n) is 4.69. The first-order valence-corrected chi connectivity index (χ1v) is 7.15. The Balaban J connectivity index is 1.44. The van der Waals surface area contributed by atoms with E-state index < -0.39 is 0 Å². The molecule has 0 aromatic heterocycles. The molecule has 1 unspecified atom stereocenters. The molecule has 1 N–H and O–H groups in total. The predicted octanol–water partition coefficient (Wildman–Crippen LogP) is 1.60. The van der Waals surface area contributed by atoms with E-state index in [2.05, 4.69) is 22.3 Å². The number of hydrogen-bond acceptors (Lipinski definition) is 4. The quantitative estimate of drug-likeness (QED) is 0.876. The van der Waals surface area contributed by atoms with Crippen LogP contribution in [0.25, 0.3) is 0 Å². The van der Waals surface area contributed by atoms with Gasteiger partial charge in [-0.05, 0) is 49.0 Å². The molecule has 4 nitrogen and oxygen atoms in total. The fraction of sp³-hybridized carbons (Fsp3) is 0.600. The van der Waals surface area contributed by atoms with Crippen LogP contribution in [0.2, 0.25) is 0 Å². The Bertz CT molecular complexity index is 483. The van der Waals surface area contributed by atoms with Gasteiger partial charge in [-0.2, -0.15) is 0 Å². The van der Waals surface area contributed by atoms with Crippen molar-refractivity contribution in [2.24, 2.45) is 5.41 Å². The maximum Gasteiger partial charge on any atom is 0.231 e. The van der Waals surface area contributed by atoms with Crippen LogP contribution in [0, 0.1) is 5.41 Å². The van der Waals surface area contributed by atoms with Crippen molar-refractivity contribution in [1.29, 1.82) is 0 Å². The molecule has 1 atom stereocenters. The molecule has 2 fully saturated rings. The first-order valence-electron chi connectivity index (χ1n) is 7.15. The van der Waals surface area contributed by atoms with Crippen molar-refractivity contribution < 1.29 is 9.47 Å². The number of likely N-dealkylation sites (tertiary alicyclic amines) is 1. The molecular formula is C15H20N2O2. The molecule has 4 heteroatoms. The third-order valence-corrected chi connectivity index (χ3v) is 4.69. The van der Waals surface area contributed by atoms with E-state index in [0.717, 1.165) is 18.0 Å². The number of benzene rings is 1. The van der Waals surface area contributed by atoms with Gasteiger partial charge in [0.2, 0.25) is 6.79 Å². The van der Waals surface area contributed by atoms with Gasteiger partial charge in [0.1, 0.15) is 0 Å². The highest BCUT2D eigenvalue weighted by Gasteiger charge is 2.40. The molecule has 0 amide bonds. The first-order chi connectivity index (χ1) is 9.33. The van der Waals surface area contributed by atoms with Crippen LogP contribution < -0.4 is 14.8 Å². The fourth-order valence-corrected chi connectivity index (χ4v) is 3.60. The van der Waals surface area contributed by atoms with Crippen LogP contribution in [0.4, 0.5) is 0 Å². The predicted molar refractivity (Wildman–Crippen MR) is 72.4 cm³/mol. The molecule has 0 aliphatic carbocycles. The number of nitrogens with zero attached hydrogens (tertiary/aromatic N) is 1. The van der Waals surface area contributed by atoms with E-state index in [-0.39, 0.29) is 0 Å². The second-order valence-corrected chi connectivity index (χ2v) is 6.08. The molecule has 0 bridgehead atoms. The van der Waals surface area contributed by atoms with E-state index >= 15 is 0 Å². The Labute approximate surface area is 113 Å².